The first-order valence-corrected chi connectivity index (χ1v) is 7.50. The van der Waals surface area contributed by atoms with Crippen LogP contribution in [0.5, 0.6) is 0 Å². The van der Waals surface area contributed by atoms with E-state index in [1.165, 1.54) is 16.9 Å². The third-order valence-electron chi connectivity index (χ3n) is 3.21. The first-order valence-electron chi connectivity index (χ1n) is 6.62. The van der Waals surface area contributed by atoms with E-state index in [0.29, 0.717) is 11.6 Å². The maximum Gasteiger partial charge on any atom is 0.180 e. The van der Waals surface area contributed by atoms with E-state index in [4.69, 9.17) is 10.7 Å². The van der Waals surface area contributed by atoms with Gasteiger partial charge in [0.2, 0.25) is 0 Å². The molecule has 0 amide bonds. The second-order valence-corrected chi connectivity index (χ2v) is 6.77. The van der Waals surface area contributed by atoms with Crippen LogP contribution in [-0.4, -0.2) is 14.5 Å². The minimum Gasteiger partial charge on any atom is -0.375 e. The summed E-state index contributed by atoms with van der Waals surface area (Å²) in [6.45, 7) is 6.58. The van der Waals surface area contributed by atoms with Crippen LogP contribution in [0.1, 0.15) is 32.3 Å². The van der Waals surface area contributed by atoms with Gasteiger partial charge in [0.15, 0.2) is 5.13 Å². The van der Waals surface area contributed by atoms with Gasteiger partial charge in [0.1, 0.15) is 5.82 Å². The van der Waals surface area contributed by atoms with E-state index in [0.717, 1.165) is 17.0 Å². The molecule has 0 bridgehead atoms. The summed E-state index contributed by atoms with van der Waals surface area (Å²) in [4.78, 5) is 9.11. The second kappa shape index (κ2) is 4.59. The van der Waals surface area contributed by atoms with Gasteiger partial charge in [-0.05, 0) is 32.9 Å². The quantitative estimate of drug-likeness (QED) is 0.785. The van der Waals surface area contributed by atoms with Crippen molar-refractivity contribution in [1.82, 2.24) is 14.5 Å². The maximum absolute atomic E-state index is 5.71. The molecular weight excluding hydrogens is 268 g/mol. The lowest BCUT2D eigenvalue weighted by molar-refractivity contribution is 0.396. The summed E-state index contributed by atoms with van der Waals surface area (Å²) in [5, 5.41) is 2.61. The van der Waals surface area contributed by atoms with Crippen molar-refractivity contribution in [2.45, 2.75) is 32.7 Å². The molecule has 0 saturated heterocycles. The minimum absolute atomic E-state index is 0.0208. The van der Waals surface area contributed by atoms with Crippen molar-refractivity contribution in [3.63, 3.8) is 0 Å². The fourth-order valence-electron chi connectivity index (χ4n) is 2.51. The van der Waals surface area contributed by atoms with Crippen LogP contribution in [0.15, 0.2) is 29.6 Å². The Balaban J connectivity index is 2.14. The van der Waals surface area contributed by atoms with E-state index >= 15 is 0 Å². The summed E-state index contributed by atoms with van der Waals surface area (Å²) in [5.41, 5.74) is 8.86. The molecule has 0 unspecified atom stereocenters. The molecule has 5 heteroatoms. The van der Waals surface area contributed by atoms with E-state index in [1.807, 2.05) is 11.4 Å². The van der Waals surface area contributed by atoms with Crippen LogP contribution in [-0.2, 0) is 12.0 Å². The molecular formula is C15H18N4S. The molecule has 2 heterocycles. The number of hydrogen-bond donors (Lipinski definition) is 1. The number of nitrogens with two attached hydrogens (primary N) is 1. The molecule has 2 aromatic heterocycles. The van der Waals surface area contributed by atoms with Gasteiger partial charge >= 0.3 is 0 Å². The predicted octanol–water partition coefficient (Wildman–Crippen LogP) is 3.42. The molecule has 0 radical (unpaired) electrons. The van der Waals surface area contributed by atoms with E-state index in [2.05, 4.69) is 48.5 Å². The molecule has 0 aliphatic heterocycles. The largest absolute Gasteiger partial charge is 0.375 e. The van der Waals surface area contributed by atoms with Crippen LogP contribution in [0, 0.1) is 0 Å². The monoisotopic (exact) mass is 286 g/mol. The summed E-state index contributed by atoms with van der Waals surface area (Å²) >= 11 is 1.47. The number of para-hydroxylation sites is 2. The van der Waals surface area contributed by atoms with Gasteiger partial charge in [-0.15, -0.1) is 11.3 Å². The Hall–Kier alpha value is -1.88. The molecule has 2 N–H and O–H groups in total. The Morgan fingerprint density at radius 2 is 1.95 bits per heavy atom. The number of thiazole rings is 1. The van der Waals surface area contributed by atoms with Crippen LogP contribution in [0.3, 0.4) is 0 Å². The number of nitrogen functional groups attached to an aromatic ring is 1. The highest BCUT2D eigenvalue weighted by Crippen LogP contribution is 2.26. The van der Waals surface area contributed by atoms with E-state index in [1.54, 1.807) is 0 Å². The highest BCUT2D eigenvalue weighted by atomic mass is 32.1. The van der Waals surface area contributed by atoms with Crippen LogP contribution >= 0.6 is 11.3 Å². The van der Waals surface area contributed by atoms with Gasteiger partial charge in [0, 0.05) is 17.3 Å². The number of imidazole rings is 1. The molecule has 0 aliphatic rings. The van der Waals surface area contributed by atoms with Gasteiger partial charge in [-0.25, -0.2) is 9.97 Å². The lowest BCUT2D eigenvalue weighted by Gasteiger charge is -2.24. The molecule has 3 rings (SSSR count). The van der Waals surface area contributed by atoms with Crippen molar-refractivity contribution >= 4 is 27.5 Å². The average molecular weight is 286 g/mol. The van der Waals surface area contributed by atoms with E-state index in [9.17, 15) is 0 Å². The molecule has 3 aromatic rings. The Labute approximate surface area is 122 Å². The second-order valence-electron chi connectivity index (χ2n) is 5.88. The third-order valence-corrected chi connectivity index (χ3v) is 3.93. The molecule has 1 aromatic carbocycles. The van der Waals surface area contributed by atoms with Crippen molar-refractivity contribution < 1.29 is 0 Å². The SMILES string of the molecule is CC(C)(C)n1c(Cc2csc(N)n2)nc2ccccc21. The van der Waals surface area contributed by atoms with Gasteiger partial charge in [-0.3, -0.25) is 0 Å². The number of hydrogen-bond acceptors (Lipinski definition) is 4. The number of fused-ring (bicyclic) bond motifs is 1. The summed E-state index contributed by atoms with van der Waals surface area (Å²) in [6.07, 6.45) is 0.708. The van der Waals surface area contributed by atoms with Crippen molar-refractivity contribution in [3.05, 3.63) is 41.2 Å². The molecule has 0 spiro atoms. The maximum atomic E-state index is 5.71. The average Bonchev–Trinajstić information content (AvgIpc) is 2.91. The smallest absolute Gasteiger partial charge is 0.180 e. The van der Waals surface area contributed by atoms with Crippen molar-refractivity contribution in [2.24, 2.45) is 0 Å². The zero-order valence-electron chi connectivity index (χ0n) is 11.9. The highest BCUT2D eigenvalue weighted by molar-refractivity contribution is 7.13. The Bertz CT molecular complexity index is 749. The molecule has 0 fully saturated rings. The number of rotatable bonds is 2. The van der Waals surface area contributed by atoms with Crippen molar-refractivity contribution in [1.29, 1.82) is 0 Å². The molecule has 104 valence electrons. The number of benzene rings is 1. The van der Waals surface area contributed by atoms with Crippen molar-refractivity contribution in [2.75, 3.05) is 5.73 Å². The molecule has 0 atom stereocenters. The summed E-state index contributed by atoms with van der Waals surface area (Å²) in [6, 6.07) is 8.24. The first-order chi connectivity index (χ1) is 9.45. The zero-order valence-corrected chi connectivity index (χ0v) is 12.7. The fraction of sp³-hybridized carbons (Fsp3) is 0.333. The lowest BCUT2D eigenvalue weighted by atomic mass is 10.1. The molecule has 20 heavy (non-hydrogen) atoms. The van der Waals surface area contributed by atoms with Gasteiger partial charge in [-0.2, -0.15) is 0 Å². The lowest BCUT2D eigenvalue weighted by Crippen LogP contribution is -2.24. The van der Waals surface area contributed by atoms with Gasteiger partial charge in [0.05, 0.1) is 16.7 Å². The Kier molecular flexibility index (Phi) is 3.01. The fourth-order valence-corrected chi connectivity index (χ4v) is 3.07. The topological polar surface area (TPSA) is 56.7 Å². The zero-order chi connectivity index (χ0) is 14.3. The number of nitrogens with zero attached hydrogens (tertiary/aromatic N) is 3. The molecule has 0 aliphatic carbocycles. The first kappa shape index (κ1) is 13.1. The van der Waals surface area contributed by atoms with Crippen LogP contribution in [0.25, 0.3) is 11.0 Å². The standard InChI is InChI=1S/C15H18N4S/c1-15(2,3)19-12-7-5-4-6-11(12)18-13(19)8-10-9-20-14(16)17-10/h4-7,9H,8H2,1-3H3,(H2,16,17). The number of anilines is 1. The van der Waals surface area contributed by atoms with E-state index < -0.39 is 0 Å². The molecule has 4 nitrogen and oxygen atoms in total. The Morgan fingerprint density at radius 3 is 2.60 bits per heavy atom. The summed E-state index contributed by atoms with van der Waals surface area (Å²) < 4.78 is 2.29. The van der Waals surface area contributed by atoms with Crippen LogP contribution in [0.4, 0.5) is 5.13 Å². The molecule has 0 saturated carbocycles. The third kappa shape index (κ3) is 2.29. The van der Waals surface area contributed by atoms with Gasteiger partial charge < -0.3 is 10.3 Å². The summed E-state index contributed by atoms with van der Waals surface area (Å²) in [5.74, 6) is 1.03. The Morgan fingerprint density at radius 1 is 1.20 bits per heavy atom. The predicted molar refractivity (Wildman–Crippen MR) is 84.1 cm³/mol. The van der Waals surface area contributed by atoms with Crippen LogP contribution in [0.2, 0.25) is 0 Å². The minimum atomic E-state index is -0.0208. The normalized spacial score (nSPS) is 12.2. The van der Waals surface area contributed by atoms with Crippen molar-refractivity contribution in [3.8, 4) is 0 Å². The summed E-state index contributed by atoms with van der Waals surface area (Å²) in [7, 11) is 0. The van der Waals surface area contributed by atoms with E-state index in [-0.39, 0.29) is 5.54 Å². The van der Waals surface area contributed by atoms with Gasteiger partial charge in [0.25, 0.3) is 0 Å². The van der Waals surface area contributed by atoms with Crippen LogP contribution < -0.4 is 5.73 Å². The number of aromatic nitrogens is 3. The van der Waals surface area contributed by atoms with Gasteiger partial charge in [-0.1, -0.05) is 12.1 Å². The highest BCUT2D eigenvalue weighted by Gasteiger charge is 2.21.